The van der Waals surface area contributed by atoms with Gasteiger partial charge in [-0.2, -0.15) is 0 Å². The van der Waals surface area contributed by atoms with Crippen LogP contribution >= 0.6 is 0 Å². The first-order chi connectivity index (χ1) is 10.0. The van der Waals surface area contributed by atoms with Crippen LogP contribution in [-0.4, -0.2) is 23.7 Å². The second kappa shape index (κ2) is 13.7. The summed E-state index contributed by atoms with van der Waals surface area (Å²) in [6.07, 6.45) is 11.4. The number of carboxylic acids is 1. The van der Waals surface area contributed by atoms with Gasteiger partial charge in [-0.15, -0.1) is 0 Å². The van der Waals surface area contributed by atoms with Gasteiger partial charge in [-0.05, 0) is 19.8 Å². The standard InChI is InChI=1S/C17H30O4/c1-15(2)17(20)21-14-12-10-8-6-4-3-5-7-9-11-13-16(18)19/h1,3-14H2,2H3,(H,18,19). The average molecular weight is 298 g/mol. The molecule has 0 rings (SSSR count). The van der Waals surface area contributed by atoms with E-state index in [-0.39, 0.29) is 5.97 Å². The Morgan fingerprint density at radius 3 is 1.71 bits per heavy atom. The van der Waals surface area contributed by atoms with Crippen molar-refractivity contribution in [3.05, 3.63) is 12.2 Å². The molecule has 1 N–H and O–H groups in total. The molecule has 0 aliphatic carbocycles. The minimum Gasteiger partial charge on any atom is -0.481 e. The lowest BCUT2D eigenvalue weighted by atomic mass is 10.1. The Labute approximate surface area is 128 Å². The summed E-state index contributed by atoms with van der Waals surface area (Å²) in [7, 11) is 0. The van der Waals surface area contributed by atoms with Crippen molar-refractivity contribution in [1.29, 1.82) is 0 Å². The van der Waals surface area contributed by atoms with Crippen LogP contribution in [0.1, 0.15) is 77.6 Å². The molecular weight excluding hydrogens is 268 g/mol. The van der Waals surface area contributed by atoms with Gasteiger partial charge in [0.2, 0.25) is 0 Å². The van der Waals surface area contributed by atoms with Gasteiger partial charge in [-0.3, -0.25) is 4.79 Å². The Bertz CT molecular complexity index is 310. The molecule has 122 valence electrons. The van der Waals surface area contributed by atoms with Crippen LogP contribution in [0.25, 0.3) is 0 Å². The molecule has 0 amide bonds. The van der Waals surface area contributed by atoms with E-state index in [0.29, 0.717) is 18.6 Å². The molecule has 0 aliphatic rings. The van der Waals surface area contributed by atoms with Crippen LogP contribution in [0, 0.1) is 0 Å². The summed E-state index contributed by atoms with van der Waals surface area (Å²) >= 11 is 0. The maximum absolute atomic E-state index is 11.1. The average Bonchev–Trinajstić information content (AvgIpc) is 2.43. The highest BCUT2D eigenvalue weighted by Crippen LogP contribution is 2.11. The first-order valence-corrected chi connectivity index (χ1v) is 8.08. The smallest absolute Gasteiger partial charge is 0.333 e. The molecule has 4 nitrogen and oxygen atoms in total. The summed E-state index contributed by atoms with van der Waals surface area (Å²) in [6.45, 7) is 5.69. The molecule has 0 spiro atoms. The SMILES string of the molecule is C=C(C)C(=O)OCCCCCCCCCCCCC(=O)O. The van der Waals surface area contributed by atoms with E-state index in [1.54, 1.807) is 6.92 Å². The number of hydrogen-bond donors (Lipinski definition) is 1. The quantitative estimate of drug-likeness (QED) is 0.292. The van der Waals surface area contributed by atoms with E-state index >= 15 is 0 Å². The molecular formula is C17H30O4. The van der Waals surface area contributed by atoms with Crippen molar-refractivity contribution < 1.29 is 19.4 Å². The molecule has 0 unspecified atom stereocenters. The summed E-state index contributed by atoms with van der Waals surface area (Å²) < 4.78 is 5.02. The van der Waals surface area contributed by atoms with Crippen LogP contribution in [0.15, 0.2) is 12.2 Å². The van der Waals surface area contributed by atoms with Gasteiger partial charge < -0.3 is 9.84 Å². The highest BCUT2D eigenvalue weighted by Gasteiger charge is 2.01. The van der Waals surface area contributed by atoms with E-state index in [9.17, 15) is 9.59 Å². The van der Waals surface area contributed by atoms with E-state index in [0.717, 1.165) is 32.1 Å². The number of ether oxygens (including phenoxy) is 1. The predicted octanol–water partition coefficient (Wildman–Crippen LogP) is 4.48. The molecule has 0 saturated carbocycles. The Hall–Kier alpha value is -1.32. The lowest BCUT2D eigenvalue weighted by Crippen LogP contribution is -2.05. The molecule has 21 heavy (non-hydrogen) atoms. The van der Waals surface area contributed by atoms with Gasteiger partial charge in [0.15, 0.2) is 0 Å². The molecule has 0 atom stereocenters. The number of rotatable bonds is 14. The zero-order valence-corrected chi connectivity index (χ0v) is 13.4. The maximum Gasteiger partial charge on any atom is 0.333 e. The van der Waals surface area contributed by atoms with Gasteiger partial charge >= 0.3 is 11.9 Å². The molecule has 4 heteroatoms. The monoisotopic (exact) mass is 298 g/mol. The van der Waals surface area contributed by atoms with Crippen LogP contribution in [0.4, 0.5) is 0 Å². The van der Waals surface area contributed by atoms with E-state index in [2.05, 4.69) is 6.58 Å². The largest absolute Gasteiger partial charge is 0.481 e. The number of carboxylic acid groups (broad SMARTS) is 1. The Morgan fingerprint density at radius 2 is 1.29 bits per heavy atom. The summed E-state index contributed by atoms with van der Waals surface area (Å²) in [6, 6.07) is 0. The minimum absolute atomic E-state index is 0.294. The number of carbonyl (C=O) groups is 2. The zero-order valence-electron chi connectivity index (χ0n) is 13.4. The third-order valence-corrected chi connectivity index (χ3v) is 3.37. The maximum atomic E-state index is 11.1. The highest BCUT2D eigenvalue weighted by atomic mass is 16.5. The number of esters is 1. The molecule has 0 radical (unpaired) electrons. The highest BCUT2D eigenvalue weighted by molar-refractivity contribution is 5.86. The predicted molar refractivity (Wildman–Crippen MR) is 84.2 cm³/mol. The topological polar surface area (TPSA) is 63.6 Å². The fraction of sp³-hybridized carbons (Fsp3) is 0.765. The lowest BCUT2D eigenvalue weighted by Gasteiger charge is -2.04. The molecule has 0 fully saturated rings. The van der Waals surface area contributed by atoms with Crippen LogP contribution in [0.5, 0.6) is 0 Å². The first kappa shape index (κ1) is 19.7. The Balaban J connectivity index is 3.11. The molecule has 0 heterocycles. The summed E-state index contributed by atoms with van der Waals surface area (Å²) in [5.74, 6) is -0.984. The normalized spacial score (nSPS) is 10.3. The molecule has 0 saturated heterocycles. The van der Waals surface area contributed by atoms with E-state index in [4.69, 9.17) is 9.84 Å². The second-order valence-corrected chi connectivity index (χ2v) is 5.60. The van der Waals surface area contributed by atoms with Crippen LogP contribution in [-0.2, 0) is 14.3 Å². The molecule has 0 aromatic carbocycles. The Morgan fingerprint density at radius 1 is 0.857 bits per heavy atom. The third-order valence-electron chi connectivity index (χ3n) is 3.37. The van der Waals surface area contributed by atoms with Crippen LogP contribution < -0.4 is 0 Å². The van der Waals surface area contributed by atoms with Crippen molar-refractivity contribution in [1.82, 2.24) is 0 Å². The zero-order chi connectivity index (χ0) is 15.9. The number of hydrogen-bond acceptors (Lipinski definition) is 3. The van der Waals surface area contributed by atoms with E-state index in [1.807, 2.05) is 0 Å². The number of unbranched alkanes of at least 4 members (excludes halogenated alkanes) is 9. The van der Waals surface area contributed by atoms with E-state index < -0.39 is 5.97 Å². The third kappa shape index (κ3) is 14.9. The molecule has 0 bridgehead atoms. The number of aliphatic carboxylic acids is 1. The van der Waals surface area contributed by atoms with Gasteiger partial charge in [0.05, 0.1) is 6.61 Å². The van der Waals surface area contributed by atoms with Crippen molar-refractivity contribution in [2.24, 2.45) is 0 Å². The van der Waals surface area contributed by atoms with Gasteiger partial charge in [0.25, 0.3) is 0 Å². The second-order valence-electron chi connectivity index (χ2n) is 5.60. The molecule has 0 aromatic rings. The number of carbonyl (C=O) groups excluding carboxylic acids is 1. The van der Waals surface area contributed by atoms with Crippen molar-refractivity contribution >= 4 is 11.9 Å². The summed E-state index contributed by atoms with van der Waals surface area (Å²) in [5, 5.41) is 8.50. The van der Waals surface area contributed by atoms with Gasteiger partial charge in [0, 0.05) is 12.0 Å². The van der Waals surface area contributed by atoms with Crippen molar-refractivity contribution in [3.63, 3.8) is 0 Å². The lowest BCUT2D eigenvalue weighted by molar-refractivity contribution is -0.139. The summed E-state index contributed by atoms with van der Waals surface area (Å²) in [4.78, 5) is 21.4. The van der Waals surface area contributed by atoms with Gasteiger partial charge in [-0.1, -0.05) is 57.9 Å². The van der Waals surface area contributed by atoms with Crippen molar-refractivity contribution in [2.45, 2.75) is 77.6 Å². The minimum atomic E-state index is -0.691. The van der Waals surface area contributed by atoms with Crippen molar-refractivity contribution in [3.8, 4) is 0 Å². The fourth-order valence-corrected chi connectivity index (χ4v) is 2.08. The van der Waals surface area contributed by atoms with Crippen molar-refractivity contribution in [2.75, 3.05) is 6.61 Å². The summed E-state index contributed by atoms with van der Waals surface area (Å²) in [5.41, 5.74) is 0.457. The fourth-order valence-electron chi connectivity index (χ4n) is 2.08. The van der Waals surface area contributed by atoms with Gasteiger partial charge in [0.1, 0.15) is 0 Å². The molecule has 0 aromatic heterocycles. The van der Waals surface area contributed by atoms with Crippen LogP contribution in [0.2, 0.25) is 0 Å². The van der Waals surface area contributed by atoms with E-state index in [1.165, 1.54) is 32.1 Å². The van der Waals surface area contributed by atoms with Crippen LogP contribution in [0.3, 0.4) is 0 Å². The first-order valence-electron chi connectivity index (χ1n) is 8.08. The molecule has 0 aliphatic heterocycles. The van der Waals surface area contributed by atoms with Gasteiger partial charge in [-0.25, -0.2) is 4.79 Å². The Kier molecular flexibility index (Phi) is 12.8.